The summed E-state index contributed by atoms with van der Waals surface area (Å²) in [7, 11) is 5.92. The Hall–Kier alpha value is -2.56. The summed E-state index contributed by atoms with van der Waals surface area (Å²) in [6, 6.07) is 7.83. The highest BCUT2D eigenvalue weighted by Gasteiger charge is 2.19. The maximum atomic E-state index is 12.0. The number of hydrogen-bond acceptors (Lipinski definition) is 3. The molecule has 1 heterocycles. The molecule has 0 radical (unpaired) electrons. The molecule has 0 fully saturated rings. The third-order valence-electron chi connectivity index (χ3n) is 3.46. The van der Waals surface area contributed by atoms with Crippen LogP contribution in [0.15, 0.2) is 48.8 Å². The van der Waals surface area contributed by atoms with Crippen LogP contribution >= 0.6 is 0 Å². The number of benzene rings is 1. The van der Waals surface area contributed by atoms with E-state index in [-0.39, 0.29) is 11.9 Å². The van der Waals surface area contributed by atoms with E-state index in [0.29, 0.717) is 0 Å². The van der Waals surface area contributed by atoms with Gasteiger partial charge >= 0.3 is 0 Å². The van der Waals surface area contributed by atoms with Gasteiger partial charge in [-0.05, 0) is 30.7 Å². The van der Waals surface area contributed by atoms with Crippen molar-refractivity contribution in [2.75, 3.05) is 19.0 Å². The maximum Gasteiger partial charge on any atom is 0.244 e. The van der Waals surface area contributed by atoms with Crippen LogP contribution in [-0.2, 0) is 11.8 Å². The highest BCUT2D eigenvalue weighted by atomic mass is 16.1. The Morgan fingerprint density at radius 3 is 2.50 bits per heavy atom. The number of nitrogens with zero attached hydrogens (tertiary/aromatic N) is 3. The van der Waals surface area contributed by atoms with Crippen LogP contribution < -0.4 is 10.2 Å². The SMILES string of the molecule is C/C=C/C(=O)NC(c1ccc(N(C)C)cc1)c1nccn1C. The van der Waals surface area contributed by atoms with E-state index in [1.54, 1.807) is 12.3 Å². The summed E-state index contributed by atoms with van der Waals surface area (Å²) in [4.78, 5) is 18.4. The van der Waals surface area contributed by atoms with Crippen LogP contribution in [0, 0.1) is 0 Å². The minimum absolute atomic E-state index is 0.132. The molecule has 1 amide bonds. The first-order valence-electron chi connectivity index (χ1n) is 7.20. The second-order valence-corrected chi connectivity index (χ2v) is 5.32. The molecule has 0 aliphatic rings. The van der Waals surface area contributed by atoms with Gasteiger partial charge in [0.05, 0.1) is 0 Å². The van der Waals surface area contributed by atoms with Crippen molar-refractivity contribution in [1.82, 2.24) is 14.9 Å². The molecule has 0 aliphatic carbocycles. The minimum Gasteiger partial charge on any atom is -0.378 e. The van der Waals surface area contributed by atoms with Crippen LogP contribution in [0.4, 0.5) is 5.69 Å². The lowest BCUT2D eigenvalue weighted by Gasteiger charge is -2.20. The van der Waals surface area contributed by atoms with Crippen LogP contribution in [0.2, 0.25) is 0 Å². The lowest BCUT2D eigenvalue weighted by molar-refractivity contribution is -0.117. The summed E-state index contributed by atoms with van der Waals surface area (Å²) in [5.41, 5.74) is 2.11. The summed E-state index contributed by atoms with van der Waals surface area (Å²) in [5, 5.41) is 3.00. The van der Waals surface area contributed by atoms with Gasteiger partial charge in [0.2, 0.25) is 5.91 Å². The van der Waals surface area contributed by atoms with Crippen molar-refractivity contribution in [2.45, 2.75) is 13.0 Å². The van der Waals surface area contributed by atoms with E-state index in [4.69, 9.17) is 0 Å². The van der Waals surface area contributed by atoms with Gasteiger partial charge in [-0.15, -0.1) is 0 Å². The maximum absolute atomic E-state index is 12.0. The van der Waals surface area contributed by atoms with Gasteiger partial charge in [-0.1, -0.05) is 18.2 Å². The number of carbonyl (C=O) groups excluding carboxylic acids is 1. The van der Waals surface area contributed by atoms with Crippen molar-refractivity contribution in [3.05, 3.63) is 60.2 Å². The molecule has 5 nitrogen and oxygen atoms in total. The predicted molar refractivity (Wildman–Crippen MR) is 88.8 cm³/mol. The smallest absolute Gasteiger partial charge is 0.244 e. The van der Waals surface area contributed by atoms with E-state index in [0.717, 1.165) is 17.1 Å². The third-order valence-corrected chi connectivity index (χ3v) is 3.46. The number of hydrogen-bond donors (Lipinski definition) is 1. The fourth-order valence-electron chi connectivity index (χ4n) is 2.26. The third kappa shape index (κ3) is 3.55. The molecule has 116 valence electrons. The summed E-state index contributed by atoms with van der Waals surface area (Å²) in [5.74, 6) is 0.669. The van der Waals surface area contributed by atoms with Crippen molar-refractivity contribution in [1.29, 1.82) is 0 Å². The molecule has 1 aromatic heterocycles. The molecule has 22 heavy (non-hydrogen) atoms. The quantitative estimate of drug-likeness (QED) is 0.862. The number of aryl methyl sites for hydroxylation is 1. The first-order chi connectivity index (χ1) is 10.5. The molecular formula is C17H22N4O. The van der Waals surface area contributed by atoms with Crippen molar-refractivity contribution in [3.8, 4) is 0 Å². The Morgan fingerprint density at radius 2 is 2.00 bits per heavy atom. The van der Waals surface area contributed by atoms with Crippen LogP contribution in [0.1, 0.15) is 24.4 Å². The normalized spacial score (nSPS) is 12.4. The summed E-state index contributed by atoms with van der Waals surface area (Å²) >= 11 is 0. The molecular weight excluding hydrogens is 276 g/mol. The van der Waals surface area contributed by atoms with Gasteiger partial charge in [-0.25, -0.2) is 4.98 Å². The molecule has 2 rings (SSSR count). The Morgan fingerprint density at radius 1 is 1.32 bits per heavy atom. The fraction of sp³-hybridized carbons (Fsp3) is 0.294. The van der Waals surface area contributed by atoms with Crippen LogP contribution in [0.3, 0.4) is 0 Å². The molecule has 5 heteroatoms. The van der Waals surface area contributed by atoms with E-state index in [1.165, 1.54) is 6.08 Å². The van der Waals surface area contributed by atoms with E-state index in [1.807, 2.05) is 68.0 Å². The minimum atomic E-state index is -0.278. The second-order valence-electron chi connectivity index (χ2n) is 5.32. The topological polar surface area (TPSA) is 50.2 Å². The van der Waals surface area contributed by atoms with Gasteiger partial charge in [-0.2, -0.15) is 0 Å². The monoisotopic (exact) mass is 298 g/mol. The Labute approximate surface area is 131 Å². The van der Waals surface area contributed by atoms with Crippen molar-refractivity contribution >= 4 is 11.6 Å². The molecule has 0 bridgehead atoms. The molecule has 1 atom stereocenters. The molecule has 1 unspecified atom stereocenters. The first-order valence-corrected chi connectivity index (χ1v) is 7.20. The van der Waals surface area contributed by atoms with Gasteiger partial charge in [0.25, 0.3) is 0 Å². The van der Waals surface area contributed by atoms with Crippen LogP contribution in [0.25, 0.3) is 0 Å². The molecule has 0 aliphatic heterocycles. The van der Waals surface area contributed by atoms with E-state index in [2.05, 4.69) is 10.3 Å². The number of nitrogens with one attached hydrogen (secondary N) is 1. The average molecular weight is 298 g/mol. The van der Waals surface area contributed by atoms with E-state index >= 15 is 0 Å². The molecule has 0 spiro atoms. The summed E-state index contributed by atoms with van der Waals surface area (Å²) in [6.45, 7) is 1.82. The molecule has 0 saturated carbocycles. The Bertz CT molecular complexity index is 656. The predicted octanol–water partition coefficient (Wildman–Crippen LogP) is 2.27. The Balaban J connectivity index is 2.35. The zero-order valence-corrected chi connectivity index (χ0v) is 13.4. The number of rotatable bonds is 5. The molecule has 1 aromatic carbocycles. The number of aromatic nitrogens is 2. The van der Waals surface area contributed by atoms with E-state index < -0.39 is 0 Å². The lowest BCUT2D eigenvalue weighted by Crippen LogP contribution is -2.29. The summed E-state index contributed by atoms with van der Waals surface area (Å²) < 4.78 is 1.92. The van der Waals surface area contributed by atoms with Crippen molar-refractivity contribution < 1.29 is 4.79 Å². The van der Waals surface area contributed by atoms with Gasteiger partial charge < -0.3 is 14.8 Å². The van der Waals surface area contributed by atoms with Gasteiger partial charge in [0, 0.05) is 39.2 Å². The van der Waals surface area contributed by atoms with Gasteiger partial charge in [0.1, 0.15) is 11.9 Å². The number of imidazole rings is 1. The zero-order chi connectivity index (χ0) is 16.1. The summed E-state index contributed by atoms with van der Waals surface area (Å²) in [6.07, 6.45) is 6.85. The number of amides is 1. The number of carbonyl (C=O) groups is 1. The average Bonchev–Trinajstić information content (AvgIpc) is 2.91. The van der Waals surface area contributed by atoms with Gasteiger partial charge in [-0.3, -0.25) is 4.79 Å². The zero-order valence-electron chi connectivity index (χ0n) is 13.4. The van der Waals surface area contributed by atoms with Crippen molar-refractivity contribution in [3.63, 3.8) is 0 Å². The van der Waals surface area contributed by atoms with E-state index in [9.17, 15) is 4.79 Å². The highest BCUT2D eigenvalue weighted by Crippen LogP contribution is 2.23. The number of allylic oxidation sites excluding steroid dienone is 1. The van der Waals surface area contributed by atoms with Crippen molar-refractivity contribution in [2.24, 2.45) is 7.05 Å². The van der Waals surface area contributed by atoms with Crippen LogP contribution in [-0.4, -0.2) is 29.6 Å². The second kappa shape index (κ2) is 6.93. The standard InChI is InChI=1S/C17H22N4O/c1-5-6-15(22)19-16(17-18-11-12-21(17)4)13-7-9-14(10-8-13)20(2)3/h5-12,16H,1-4H3,(H,19,22)/b6-5+. The molecule has 2 aromatic rings. The largest absolute Gasteiger partial charge is 0.378 e. The number of anilines is 1. The van der Waals surface area contributed by atoms with Crippen LogP contribution in [0.5, 0.6) is 0 Å². The molecule has 0 saturated heterocycles. The first kappa shape index (κ1) is 15.8. The highest BCUT2D eigenvalue weighted by molar-refractivity contribution is 5.88. The Kier molecular flexibility index (Phi) is 4.99. The van der Waals surface area contributed by atoms with Gasteiger partial charge in [0.15, 0.2) is 0 Å². The molecule has 1 N–H and O–H groups in total. The lowest BCUT2D eigenvalue weighted by atomic mass is 10.1. The fourth-order valence-corrected chi connectivity index (χ4v) is 2.26.